The Kier molecular flexibility index (Phi) is 2.61. The highest BCUT2D eigenvalue weighted by molar-refractivity contribution is 6.34. The molecule has 0 bridgehead atoms. The second-order valence-electron chi connectivity index (χ2n) is 4.11. The first-order valence-corrected chi connectivity index (χ1v) is 5.88. The maximum Gasteiger partial charge on any atom is 0.261 e. The van der Waals surface area contributed by atoms with Gasteiger partial charge < -0.3 is 4.74 Å². The molecule has 17 heavy (non-hydrogen) atoms. The molecule has 1 saturated heterocycles. The van der Waals surface area contributed by atoms with Crippen molar-refractivity contribution in [2.75, 3.05) is 13.2 Å². The molecule has 1 atom stereocenters. The molecule has 2 heterocycles. The maximum absolute atomic E-state index is 12.3. The molecule has 0 radical (unpaired) electrons. The minimum absolute atomic E-state index is 0.0481. The van der Waals surface area contributed by atoms with Crippen molar-refractivity contribution in [3.63, 3.8) is 0 Å². The SMILES string of the molecule is O=c1c2cccc(Cl)c2ncn1C1CCOC1. The van der Waals surface area contributed by atoms with Gasteiger partial charge in [0.25, 0.3) is 5.56 Å². The van der Waals surface area contributed by atoms with Crippen molar-refractivity contribution in [1.29, 1.82) is 0 Å². The third-order valence-corrected chi connectivity index (χ3v) is 3.37. The van der Waals surface area contributed by atoms with Crippen molar-refractivity contribution in [2.45, 2.75) is 12.5 Å². The summed E-state index contributed by atoms with van der Waals surface area (Å²) < 4.78 is 6.93. The molecular weight excluding hydrogens is 240 g/mol. The lowest BCUT2D eigenvalue weighted by Crippen LogP contribution is -2.25. The van der Waals surface area contributed by atoms with E-state index < -0.39 is 0 Å². The van der Waals surface area contributed by atoms with Gasteiger partial charge in [-0.25, -0.2) is 4.98 Å². The van der Waals surface area contributed by atoms with Crippen molar-refractivity contribution < 1.29 is 4.74 Å². The number of hydrogen-bond donors (Lipinski definition) is 0. The Labute approximate surface area is 103 Å². The van der Waals surface area contributed by atoms with E-state index in [1.54, 1.807) is 29.1 Å². The Bertz CT molecular complexity index is 617. The smallest absolute Gasteiger partial charge is 0.261 e. The normalized spacial score (nSPS) is 19.9. The summed E-state index contributed by atoms with van der Waals surface area (Å²) in [6.07, 6.45) is 2.42. The minimum atomic E-state index is -0.0481. The third-order valence-electron chi connectivity index (χ3n) is 3.06. The first-order valence-electron chi connectivity index (χ1n) is 5.50. The second-order valence-corrected chi connectivity index (χ2v) is 4.52. The molecule has 2 aromatic rings. The molecule has 0 amide bonds. The zero-order valence-corrected chi connectivity index (χ0v) is 9.85. The van der Waals surface area contributed by atoms with Gasteiger partial charge in [-0.1, -0.05) is 17.7 Å². The van der Waals surface area contributed by atoms with Gasteiger partial charge in [0.2, 0.25) is 0 Å². The van der Waals surface area contributed by atoms with Crippen molar-refractivity contribution >= 4 is 22.5 Å². The molecule has 5 heteroatoms. The summed E-state index contributed by atoms with van der Waals surface area (Å²) in [5.74, 6) is 0. The molecule has 4 nitrogen and oxygen atoms in total. The Morgan fingerprint density at radius 2 is 2.35 bits per heavy atom. The molecule has 0 spiro atoms. The summed E-state index contributed by atoms with van der Waals surface area (Å²) in [6.45, 7) is 1.28. The van der Waals surface area contributed by atoms with E-state index in [4.69, 9.17) is 16.3 Å². The van der Waals surface area contributed by atoms with Gasteiger partial charge in [-0.15, -0.1) is 0 Å². The number of benzene rings is 1. The highest BCUT2D eigenvalue weighted by Gasteiger charge is 2.19. The van der Waals surface area contributed by atoms with Crippen LogP contribution in [0.25, 0.3) is 10.9 Å². The number of rotatable bonds is 1. The molecule has 0 N–H and O–H groups in total. The first-order chi connectivity index (χ1) is 8.27. The third kappa shape index (κ3) is 1.73. The maximum atomic E-state index is 12.3. The van der Waals surface area contributed by atoms with Crippen LogP contribution in [-0.2, 0) is 4.74 Å². The van der Waals surface area contributed by atoms with Crippen LogP contribution < -0.4 is 5.56 Å². The van der Waals surface area contributed by atoms with E-state index in [1.165, 1.54) is 0 Å². The Morgan fingerprint density at radius 3 is 3.12 bits per heavy atom. The van der Waals surface area contributed by atoms with E-state index >= 15 is 0 Å². The van der Waals surface area contributed by atoms with Crippen LogP contribution >= 0.6 is 11.6 Å². The van der Waals surface area contributed by atoms with E-state index in [9.17, 15) is 4.79 Å². The summed E-state index contributed by atoms with van der Waals surface area (Å²) in [5, 5.41) is 1.07. The number of aromatic nitrogens is 2. The van der Waals surface area contributed by atoms with Gasteiger partial charge >= 0.3 is 0 Å². The van der Waals surface area contributed by atoms with Gasteiger partial charge in [0, 0.05) is 6.61 Å². The number of nitrogens with zero attached hydrogens (tertiary/aromatic N) is 2. The molecular formula is C12H11ClN2O2. The summed E-state index contributed by atoms with van der Waals surface area (Å²) >= 11 is 6.01. The van der Waals surface area contributed by atoms with Crippen LogP contribution in [-0.4, -0.2) is 22.8 Å². The number of fused-ring (bicyclic) bond motifs is 1. The van der Waals surface area contributed by atoms with Gasteiger partial charge in [-0.3, -0.25) is 9.36 Å². The van der Waals surface area contributed by atoms with Gasteiger partial charge in [0.1, 0.15) is 0 Å². The van der Waals surface area contributed by atoms with Crippen molar-refractivity contribution in [1.82, 2.24) is 9.55 Å². The predicted molar refractivity (Wildman–Crippen MR) is 65.5 cm³/mol. The van der Waals surface area contributed by atoms with E-state index in [0.717, 1.165) is 6.42 Å². The zero-order valence-electron chi connectivity index (χ0n) is 9.10. The summed E-state index contributed by atoms with van der Waals surface area (Å²) in [4.78, 5) is 16.5. The predicted octanol–water partition coefficient (Wildman–Crippen LogP) is 2.01. The van der Waals surface area contributed by atoms with E-state index in [1.807, 2.05) is 0 Å². The molecule has 1 unspecified atom stereocenters. The van der Waals surface area contributed by atoms with E-state index in [-0.39, 0.29) is 11.6 Å². The van der Waals surface area contributed by atoms with Crippen LogP contribution in [0.4, 0.5) is 0 Å². The van der Waals surface area contributed by atoms with Crippen LogP contribution in [0, 0.1) is 0 Å². The van der Waals surface area contributed by atoms with Gasteiger partial charge in [0.05, 0.1) is 34.9 Å². The lowest BCUT2D eigenvalue weighted by molar-refractivity contribution is 0.186. The molecule has 3 rings (SSSR count). The largest absolute Gasteiger partial charge is 0.379 e. The molecule has 1 fully saturated rings. The van der Waals surface area contributed by atoms with Crippen molar-refractivity contribution in [3.8, 4) is 0 Å². The topological polar surface area (TPSA) is 44.1 Å². The lowest BCUT2D eigenvalue weighted by Gasteiger charge is -2.12. The standard InChI is InChI=1S/C12H11ClN2O2/c13-10-3-1-2-9-11(10)14-7-15(12(9)16)8-4-5-17-6-8/h1-3,7-8H,4-6H2. The van der Waals surface area contributed by atoms with Gasteiger partial charge in [0.15, 0.2) is 0 Å². The Hall–Kier alpha value is -1.39. The number of halogens is 1. The Balaban J connectivity index is 2.22. The molecule has 0 aliphatic carbocycles. The van der Waals surface area contributed by atoms with Crippen LogP contribution in [0.15, 0.2) is 29.3 Å². The molecule has 1 aromatic carbocycles. The zero-order chi connectivity index (χ0) is 11.8. The van der Waals surface area contributed by atoms with Crippen LogP contribution in [0.5, 0.6) is 0 Å². The fraction of sp³-hybridized carbons (Fsp3) is 0.333. The Morgan fingerprint density at radius 1 is 1.47 bits per heavy atom. The quantitative estimate of drug-likeness (QED) is 0.778. The summed E-state index contributed by atoms with van der Waals surface area (Å²) in [5.41, 5.74) is 0.516. The van der Waals surface area contributed by atoms with E-state index in [0.29, 0.717) is 29.1 Å². The minimum Gasteiger partial charge on any atom is -0.379 e. The fourth-order valence-electron chi connectivity index (χ4n) is 2.13. The van der Waals surface area contributed by atoms with E-state index in [2.05, 4.69) is 4.98 Å². The average Bonchev–Trinajstić information content (AvgIpc) is 2.84. The number of ether oxygens (including phenoxy) is 1. The average molecular weight is 251 g/mol. The van der Waals surface area contributed by atoms with Gasteiger partial charge in [-0.05, 0) is 18.6 Å². The highest BCUT2D eigenvalue weighted by Crippen LogP contribution is 2.21. The molecule has 1 aliphatic rings. The molecule has 0 saturated carbocycles. The van der Waals surface area contributed by atoms with Crippen LogP contribution in [0.2, 0.25) is 5.02 Å². The second kappa shape index (κ2) is 4.13. The van der Waals surface area contributed by atoms with Crippen molar-refractivity contribution in [3.05, 3.63) is 39.9 Å². The van der Waals surface area contributed by atoms with Crippen molar-refractivity contribution in [2.24, 2.45) is 0 Å². The fourth-order valence-corrected chi connectivity index (χ4v) is 2.36. The van der Waals surface area contributed by atoms with Crippen LogP contribution in [0.3, 0.4) is 0 Å². The number of hydrogen-bond acceptors (Lipinski definition) is 3. The first kappa shape index (κ1) is 10.7. The number of para-hydroxylation sites is 1. The van der Waals surface area contributed by atoms with Gasteiger partial charge in [-0.2, -0.15) is 0 Å². The highest BCUT2D eigenvalue weighted by atomic mass is 35.5. The van der Waals surface area contributed by atoms with Crippen LogP contribution in [0.1, 0.15) is 12.5 Å². The monoisotopic (exact) mass is 250 g/mol. The molecule has 1 aliphatic heterocycles. The summed E-state index contributed by atoms with van der Waals surface area (Å²) in [6, 6.07) is 5.35. The lowest BCUT2D eigenvalue weighted by atomic mass is 10.2. The molecule has 88 valence electrons. The summed E-state index contributed by atoms with van der Waals surface area (Å²) in [7, 11) is 0. The molecule has 1 aromatic heterocycles.